The second-order valence-corrected chi connectivity index (χ2v) is 8.37. The SMILES string of the molecule is CC1Cc2ccccc2CN1C(=O)C1CCN(c2cc(-n3cccc3)ncn2)CC1. The third-order valence-electron chi connectivity index (χ3n) is 6.46. The molecule has 1 amide bonds. The Hall–Kier alpha value is -3.15. The number of fused-ring (bicyclic) bond motifs is 1. The minimum absolute atomic E-state index is 0.0970. The molecule has 2 aromatic heterocycles. The van der Waals surface area contributed by atoms with Crippen LogP contribution in [-0.4, -0.2) is 44.5 Å². The first-order chi connectivity index (χ1) is 14.7. The van der Waals surface area contributed by atoms with Gasteiger partial charge < -0.3 is 14.4 Å². The average Bonchev–Trinajstić information content (AvgIpc) is 3.33. The Morgan fingerprint density at radius 2 is 1.67 bits per heavy atom. The molecule has 0 bridgehead atoms. The maximum Gasteiger partial charge on any atom is 0.226 e. The molecule has 1 unspecified atom stereocenters. The van der Waals surface area contributed by atoms with Crippen molar-refractivity contribution in [3.05, 3.63) is 72.3 Å². The number of benzene rings is 1. The first kappa shape index (κ1) is 18.9. The van der Waals surface area contributed by atoms with Crippen LogP contribution in [0.15, 0.2) is 61.2 Å². The van der Waals surface area contributed by atoms with Crippen LogP contribution in [0.4, 0.5) is 5.82 Å². The minimum Gasteiger partial charge on any atom is -0.356 e. The van der Waals surface area contributed by atoms with Crippen molar-refractivity contribution in [1.29, 1.82) is 0 Å². The summed E-state index contributed by atoms with van der Waals surface area (Å²) in [5.41, 5.74) is 2.67. The standard InChI is InChI=1S/C24H27N5O/c1-18-14-20-6-2-3-7-21(20)16-29(18)24(30)19-8-12-28(13-9-19)23-15-22(25-17-26-23)27-10-4-5-11-27/h2-7,10-11,15,17-19H,8-9,12-14,16H2,1H3. The quantitative estimate of drug-likeness (QED) is 0.675. The molecule has 1 aromatic carbocycles. The summed E-state index contributed by atoms with van der Waals surface area (Å²) in [5, 5.41) is 0. The van der Waals surface area contributed by atoms with Gasteiger partial charge in [-0.1, -0.05) is 24.3 Å². The molecule has 0 aliphatic carbocycles. The molecule has 3 aromatic rings. The number of amides is 1. The molecule has 1 atom stereocenters. The van der Waals surface area contributed by atoms with Gasteiger partial charge in [0.25, 0.3) is 0 Å². The number of rotatable bonds is 3. The van der Waals surface area contributed by atoms with E-state index < -0.39 is 0 Å². The molecule has 30 heavy (non-hydrogen) atoms. The van der Waals surface area contributed by atoms with E-state index in [-0.39, 0.29) is 12.0 Å². The smallest absolute Gasteiger partial charge is 0.226 e. The van der Waals surface area contributed by atoms with Crippen LogP contribution < -0.4 is 4.90 Å². The molecule has 4 heterocycles. The van der Waals surface area contributed by atoms with E-state index in [0.29, 0.717) is 5.91 Å². The Bertz CT molecular complexity index is 1020. The van der Waals surface area contributed by atoms with Gasteiger partial charge in [0.05, 0.1) is 0 Å². The Morgan fingerprint density at radius 1 is 0.967 bits per heavy atom. The fourth-order valence-corrected chi connectivity index (χ4v) is 4.70. The fourth-order valence-electron chi connectivity index (χ4n) is 4.70. The van der Waals surface area contributed by atoms with E-state index in [0.717, 1.165) is 50.5 Å². The van der Waals surface area contributed by atoms with Gasteiger partial charge >= 0.3 is 0 Å². The summed E-state index contributed by atoms with van der Waals surface area (Å²) in [6.07, 6.45) is 8.27. The van der Waals surface area contributed by atoms with Crippen molar-refractivity contribution in [3.8, 4) is 5.82 Å². The second-order valence-electron chi connectivity index (χ2n) is 8.37. The molecule has 2 aliphatic heterocycles. The van der Waals surface area contributed by atoms with Crippen LogP contribution in [-0.2, 0) is 17.8 Å². The molecule has 6 heteroatoms. The third kappa shape index (κ3) is 3.58. The molecule has 0 spiro atoms. The minimum atomic E-state index is 0.0970. The molecule has 0 N–H and O–H groups in total. The van der Waals surface area contributed by atoms with Crippen molar-refractivity contribution in [2.45, 2.75) is 38.8 Å². The van der Waals surface area contributed by atoms with Crippen molar-refractivity contribution in [2.75, 3.05) is 18.0 Å². The Balaban J connectivity index is 1.24. The highest BCUT2D eigenvalue weighted by molar-refractivity contribution is 5.80. The van der Waals surface area contributed by atoms with Crippen molar-refractivity contribution in [2.24, 2.45) is 5.92 Å². The number of aromatic nitrogens is 3. The maximum atomic E-state index is 13.3. The maximum absolute atomic E-state index is 13.3. The van der Waals surface area contributed by atoms with Gasteiger partial charge in [0.1, 0.15) is 18.0 Å². The second kappa shape index (κ2) is 7.94. The van der Waals surface area contributed by atoms with Crippen LogP contribution in [0.5, 0.6) is 0 Å². The third-order valence-corrected chi connectivity index (χ3v) is 6.46. The van der Waals surface area contributed by atoms with Gasteiger partial charge in [-0.05, 0) is 49.4 Å². The Labute approximate surface area is 177 Å². The monoisotopic (exact) mass is 401 g/mol. The van der Waals surface area contributed by atoms with Gasteiger partial charge in [0, 0.05) is 50.1 Å². The Kier molecular flexibility index (Phi) is 4.99. The number of hydrogen-bond donors (Lipinski definition) is 0. The summed E-state index contributed by atoms with van der Waals surface area (Å²) in [6.45, 7) is 4.60. The van der Waals surface area contributed by atoms with Crippen LogP contribution >= 0.6 is 0 Å². The van der Waals surface area contributed by atoms with Gasteiger partial charge in [0.15, 0.2) is 0 Å². The van der Waals surface area contributed by atoms with Crippen molar-refractivity contribution in [1.82, 2.24) is 19.4 Å². The normalized spacial score (nSPS) is 19.6. The lowest BCUT2D eigenvalue weighted by Gasteiger charge is -2.39. The van der Waals surface area contributed by atoms with E-state index in [1.807, 2.05) is 35.2 Å². The predicted octanol–water partition coefficient (Wildman–Crippen LogP) is 3.46. The van der Waals surface area contributed by atoms with E-state index in [2.05, 4.69) is 51.0 Å². The van der Waals surface area contributed by atoms with E-state index in [4.69, 9.17) is 0 Å². The van der Waals surface area contributed by atoms with E-state index in [1.165, 1.54) is 11.1 Å². The molecular formula is C24H27N5O. The van der Waals surface area contributed by atoms with Crippen molar-refractivity contribution < 1.29 is 4.79 Å². The highest BCUT2D eigenvalue weighted by Gasteiger charge is 2.33. The summed E-state index contributed by atoms with van der Waals surface area (Å²) in [7, 11) is 0. The molecular weight excluding hydrogens is 374 g/mol. The highest BCUT2D eigenvalue weighted by atomic mass is 16.2. The number of anilines is 1. The summed E-state index contributed by atoms with van der Waals surface area (Å²) in [5.74, 6) is 2.20. The zero-order valence-electron chi connectivity index (χ0n) is 17.3. The molecule has 1 saturated heterocycles. The first-order valence-corrected chi connectivity index (χ1v) is 10.8. The Morgan fingerprint density at radius 3 is 2.43 bits per heavy atom. The largest absolute Gasteiger partial charge is 0.356 e. The summed E-state index contributed by atoms with van der Waals surface area (Å²) >= 11 is 0. The first-order valence-electron chi connectivity index (χ1n) is 10.8. The van der Waals surface area contributed by atoms with Crippen LogP contribution in [0.1, 0.15) is 30.9 Å². The van der Waals surface area contributed by atoms with Crippen molar-refractivity contribution in [3.63, 3.8) is 0 Å². The lowest BCUT2D eigenvalue weighted by molar-refractivity contribution is -0.139. The predicted molar refractivity (Wildman–Crippen MR) is 116 cm³/mol. The molecule has 2 aliphatic rings. The van der Waals surface area contributed by atoms with Gasteiger partial charge in [-0.25, -0.2) is 9.97 Å². The van der Waals surface area contributed by atoms with Crippen LogP contribution in [0.3, 0.4) is 0 Å². The van der Waals surface area contributed by atoms with E-state index in [9.17, 15) is 4.79 Å². The van der Waals surface area contributed by atoms with Gasteiger partial charge in [-0.2, -0.15) is 0 Å². The summed E-state index contributed by atoms with van der Waals surface area (Å²) in [4.78, 5) is 26.5. The summed E-state index contributed by atoms with van der Waals surface area (Å²) < 4.78 is 1.98. The van der Waals surface area contributed by atoms with Gasteiger partial charge in [-0.3, -0.25) is 4.79 Å². The van der Waals surface area contributed by atoms with Crippen molar-refractivity contribution >= 4 is 11.7 Å². The number of piperidine rings is 1. The van der Waals surface area contributed by atoms with E-state index >= 15 is 0 Å². The lowest BCUT2D eigenvalue weighted by atomic mass is 9.90. The summed E-state index contributed by atoms with van der Waals surface area (Å²) in [6, 6.07) is 14.8. The van der Waals surface area contributed by atoms with Crippen LogP contribution in [0.2, 0.25) is 0 Å². The van der Waals surface area contributed by atoms with E-state index in [1.54, 1.807) is 6.33 Å². The van der Waals surface area contributed by atoms with Gasteiger partial charge in [0.2, 0.25) is 5.91 Å². The zero-order chi connectivity index (χ0) is 20.5. The fraction of sp³-hybridized carbons (Fsp3) is 0.375. The number of hydrogen-bond acceptors (Lipinski definition) is 4. The number of nitrogens with zero attached hydrogens (tertiary/aromatic N) is 5. The van der Waals surface area contributed by atoms with Crippen LogP contribution in [0, 0.1) is 5.92 Å². The lowest BCUT2D eigenvalue weighted by Crippen LogP contribution is -2.48. The number of carbonyl (C=O) groups is 1. The zero-order valence-corrected chi connectivity index (χ0v) is 17.3. The average molecular weight is 402 g/mol. The molecule has 1 fully saturated rings. The van der Waals surface area contributed by atoms with Gasteiger partial charge in [-0.15, -0.1) is 0 Å². The molecule has 154 valence electrons. The van der Waals surface area contributed by atoms with Crippen LogP contribution in [0.25, 0.3) is 5.82 Å². The molecule has 0 radical (unpaired) electrons. The molecule has 5 rings (SSSR count). The molecule has 0 saturated carbocycles. The topological polar surface area (TPSA) is 54.3 Å². The molecule has 6 nitrogen and oxygen atoms in total. The number of carbonyl (C=O) groups excluding carboxylic acids is 1. The highest BCUT2D eigenvalue weighted by Crippen LogP contribution is 2.29.